The van der Waals surface area contributed by atoms with Gasteiger partial charge in [-0.15, -0.1) is 0 Å². The van der Waals surface area contributed by atoms with Gasteiger partial charge in [0.2, 0.25) is 0 Å². The first-order chi connectivity index (χ1) is 7.39. The monoisotopic (exact) mass is 241 g/mol. The Balaban J connectivity index is 3.02. The Hall–Kier alpha value is -0.730. The highest BCUT2D eigenvalue weighted by Gasteiger charge is 2.18. The number of benzene rings is 1. The summed E-state index contributed by atoms with van der Waals surface area (Å²) in [5.41, 5.74) is 8.27. The van der Waals surface area contributed by atoms with Crippen molar-refractivity contribution >= 4 is 11.6 Å². The minimum absolute atomic E-state index is 0.0999. The van der Waals surface area contributed by atoms with Gasteiger partial charge < -0.3 is 10.5 Å². The number of ether oxygens (including phenoxy) is 1. The van der Waals surface area contributed by atoms with Gasteiger partial charge in [0.15, 0.2) is 0 Å². The molecule has 0 aliphatic rings. The van der Waals surface area contributed by atoms with E-state index >= 15 is 0 Å². The number of hydrogen-bond acceptors (Lipinski definition) is 2. The number of nitrogens with two attached hydrogens (primary N) is 1. The molecule has 2 N–H and O–H groups in total. The number of rotatable bonds is 4. The SMILES string of the molecule is COc1cc(C)c(CC(C)(C)CN)cc1Cl. The van der Waals surface area contributed by atoms with Crippen molar-refractivity contribution in [3.8, 4) is 5.75 Å². The van der Waals surface area contributed by atoms with E-state index < -0.39 is 0 Å². The molecule has 0 aliphatic heterocycles. The number of aryl methyl sites for hydroxylation is 1. The molecule has 1 aromatic carbocycles. The van der Waals surface area contributed by atoms with E-state index in [0.29, 0.717) is 11.6 Å². The van der Waals surface area contributed by atoms with Crippen LogP contribution < -0.4 is 10.5 Å². The summed E-state index contributed by atoms with van der Waals surface area (Å²) >= 11 is 6.12. The van der Waals surface area contributed by atoms with Crippen molar-refractivity contribution in [2.24, 2.45) is 11.1 Å². The lowest BCUT2D eigenvalue weighted by atomic mass is 9.84. The molecule has 1 aromatic rings. The molecule has 0 unspecified atom stereocenters. The van der Waals surface area contributed by atoms with Crippen LogP contribution in [0.5, 0.6) is 5.75 Å². The minimum atomic E-state index is 0.0999. The average molecular weight is 242 g/mol. The zero-order valence-electron chi connectivity index (χ0n) is 10.4. The molecule has 16 heavy (non-hydrogen) atoms. The lowest BCUT2D eigenvalue weighted by Gasteiger charge is -2.23. The van der Waals surface area contributed by atoms with Gasteiger partial charge in [0.25, 0.3) is 0 Å². The van der Waals surface area contributed by atoms with Crippen LogP contribution >= 0.6 is 11.6 Å². The van der Waals surface area contributed by atoms with Crippen LogP contribution in [0.2, 0.25) is 5.02 Å². The predicted molar refractivity (Wildman–Crippen MR) is 69.3 cm³/mol. The second-order valence-corrected chi connectivity index (χ2v) is 5.37. The Labute approximate surface area is 103 Å². The Morgan fingerprint density at radius 1 is 1.38 bits per heavy atom. The van der Waals surface area contributed by atoms with Crippen LogP contribution in [0.25, 0.3) is 0 Å². The van der Waals surface area contributed by atoms with Gasteiger partial charge in [-0.1, -0.05) is 25.4 Å². The van der Waals surface area contributed by atoms with Crippen LogP contribution in [-0.4, -0.2) is 13.7 Å². The smallest absolute Gasteiger partial charge is 0.137 e. The third-order valence-electron chi connectivity index (χ3n) is 2.83. The molecular weight excluding hydrogens is 222 g/mol. The van der Waals surface area contributed by atoms with Crippen molar-refractivity contribution in [3.63, 3.8) is 0 Å². The molecule has 0 bridgehead atoms. The van der Waals surface area contributed by atoms with E-state index in [9.17, 15) is 0 Å². The number of hydrogen-bond donors (Lipinski definition) is 1. The molecule has 0 saturated heterocycles. The van der Waals surface area contributed by atoms with Gasteiger partial charge in [-0.05, 0) is 48.6 Å². The maximum Gasteiger partial charge on any atom is 0.137 e. The molecule has 0 aliphatic carbocycles. The predicted octanol–water partition coefficient (Wildman–Crippen LogP) is 3.18. The zero-order valence-corrected chi connectivity index (χ0v) is 11.2. The Morgan fingerprint density at radius 3 is 2.50 bits per heavy atom. The first-order valence-electron chi connectivity index (χ1n) is 5.42. The summed E-state index contributed by atoms with van der Waals surface area (Å²) in [7, 11) is 1.63. The molecule has 0 fully saturated rings. The van der Waals surface area contributed by atoms with Crippen molar-refractivity contribution in [2.75, 3.05) is 13.7 Å². The van der Waals surface area contributed by atoms with Crippen molar-refractivity contribution in [3.05, 3.63) is 28.3 Å². The molecule has 0 radical (unpaired) electrons. The largest absolute Gasteiger partial charge is 0.495 e. The summed E-state index contributed by atoms with van der Waals surface area (Å²) in [4.78, 5) is 0. The molecule has 2 nitrogen and oxygen atoms in total. The van der Waals surface area contributed by atoms with Gasteiger partial charge in [0.1, 0.15) is 5.75 Å². The summed E-state index contributed by atoms with van der Waals surface area (Å²) in [6, 6.07) is 3.96. The van der Waals surface area contributed by atoms with Crippen LogP contribution in [0.4, 0.5) is 0 Å². The van der Waals surface area contributed by atoms with Crippen LogP contribution in [-0.2, 0) is 6.42 Å². The van der Waals surface area contributed by atoms with Crippen molar-refractivity contribution < 1.29 is 4.74 Å². The van der Waals surface area contributed by atoms with E-state index in [1.165, 1.54) is 11.1 Å². The normalized spacial score (nSPS) is 11.6. The molecule has 0 atom stereocenters. The van der Waals surface area contributed by atoms with E-state index in [0.717, 1.165) is 12.2 Å². The molecule has 0 heterocycles. The van der Waals surface area contributed by atoms with Gasteiger partial charge in [0, 0.05) is 0 Å². The average Bonchev–Trinajstić information content (AvgIpc) is 2.22. The topological polar surface area (TPSA) is 35.2 Å². The van der Waals surface area contributed by atoms with E-state index in [1.54, 1.807) is 7.11 Å². The number of halogens is 1. The highest BCUT2D eigenvalue weighted by atomic mass is 35.5. The van der Waals surface area contributed by atoms with Gasteiger partial charge >= 0.3 is 0 Å². The van der Waals surface area contributed by atoms with E-state index in [1.807, 2.05) is 12.1 Å². The summed E-state index contributed by atoms with van der Waals surface area (Å²) in [6.45, 7) is 7.05. The van der Waals surface area contributed by atoms with Gasteiger partial charge in [-0.3, -0.25) is 0 Å². The second kappa shape index (κ2) is 5.07. The van der Waals surface area contributed by atoms with Crippen molar-refractivity contribution in [2.45, 2.75) is 27.2 Å². The van der Waals surface area contributed by atoms with Crippen molar-refractivity contribution in [1.82, 2.24) is 0 Å². The standard InChI is InChI=1S/C13H20ClNO/c1-9-5-12(16-4)11(14)6-10(9)7-13(2,3)8-15/h5-6H,7-8,15H2,1-4H3. The maximum atomic E-state index is 6.12. The molecule has 0 amide bonds. The Kier molecular flexibility index (Phi) is 4.22. The van der Waals surface area contributed by atoms with Gasteiger partial charge in [-0.25, -0.2) is 0 Å². The highest BCUT2D eigenvalue weighted by molar-refractivity contribution is 6.32. The fourth-order valence-electron chi connectivity index (χ4n) is 1.63. The fraction of sp³-hybridized carbons (Fsp3) is 0.538. The Bertz CT molecular complexity index is 374. The van der Waals surface area contributed by atoms with Gasteiger partial charge in [-0.2, -0.15) is 0 Å². The van der Waals surface area contributed by atoms with Gasteiger partial charge in [0.05, 0.1) is 12.1 Å². The zero-order chi connectivity index (χ0) is 12.3. The minimum Gasteiger partial charge on any atom is -0.495 e. The van der Waals surface area contributed by atoms with Crippen LogP contribution in [0, 0.1) is 12.3 Å². The summed E-state index contributed by atoms with van der Waals surface area (Å²) in [6.07, 6.45) is 0.930. The van der Waals surface area contributed by atoms with Crippen LogP contribution in [0.15, 0.2) is 12.1 Å². The summed E-state index contributed by atoms with van der Waals surface area (Å²) in [5, 5.41) is 0.663. The molecule has 0 saturated carbocycles. The molecular formula is C13H20ClNO. The van der Waals surface area contributed by atoms with E-state index in [4.69, 9.17) is 22.1 Å². The lowest BCUT2D eigenvalue weighted by molar-refractivity contribution is 0.375. The fourth-order valence-corrected chi connectivity index (χ4v) is 1.89. The quantitative estimate of drug-likeness (QED) is 0.879. The molecule has 1 rings (SSSR count). The second-order valence-electron chi connectivity index (χ2n) is 4.96. The summed E-state index contributed by atoms with van der Waals surface area (Å²) in [5.74, 6) is 0.730. The van der Waals surface area contributed by atoms with Crippen molar-refractivity contribution in [1.29, 1.82) is 0 Å². The Morgan fingerprint density at radius 2 is 2.00 bits per heavy atom. The van der Waals surface area contributed by atoms with E-state index in [-0.39, 0.29) is 5.41 Å². The molecule has 90 valence electrons. The lowest BCUT2D eigenvalue weighted by Crippen LogP contribution is -2.26. The first kappa shape index (κ1) is 13.3. The molecule has 0 aromatic heterocycles. The maximum absolute atomic E-state index is 6.12. The number of methoxy groups -OCH3 is 1. The molecule has 0 spiro atoms. The summed E-state index contributed by atoms with van der Waals surface area (Å²) < 4.78 is 5.18. The van der Waals surface area contributed by atoms with E-state index in [2.05, 4.69) is 20.8 Å². The molecule has 3 heteroatoms. The van der Waals surface area contributed by atoms with Crippen LogP contribution in [0.3, 0.4) is 0 Å². The third kappa shape index (κ3) is 3.13. The highest BCUT2D eigenvalue weighted by Crippen LogP contribution is 2.31. The third-order valence-corrected chi connectivity index (χ3v) is 3.13. The first-order valence-corrected chi connectivity index (χ1v) is 5.80. The van der Waals surface area contributed by atoms with Crippen LogP contribution in [0.1, 0.15) is 25.0 Å².